The highest BCUT2D eigenvalue weighted by atomic mass is 32.2. The van der Waals surface area contributed by atoms with Crippen LogP contribution in [0.2, 0.25) is 0 Å². The quantitative estimate of drug-likeness (QED) is 0.829. The number of nitrogen functional groups attached to an aromatic ring is 1. The molecule has 2 rings (SSSR count). The molecule has 1 aromatic carbocycles. The maximum Gasteiger partial charge on any atom is 0.243 e. The lowest BCUT2D eigenvalue weighted by molar-refractivity contribution is 0.542. The molecule has 0 saturated heterocycles. The molecule has 0 aliphatic carbocycles. The van der Waals surface area contributed by atoms with Gasteiger partial charge in [0.2, 0.25) is 10.0 Å². The van der Waals surface area contributed by atoms with E-state index in [1.54, 1.807) is 25.2 Å². The van der Waals surface area contributed by atoms with Crippen molar-refractivity contribution in [3.8, 4) is 0 Å². The third-order valence-electron chi connectivity index (χ3n) is 3.09. The molecule has 4 nitrogen and oxygen atoms in total. The largest absolute Gasteiger partial charge is 0.398 e. The van der Waals surface area contributed by atoms with E-state index in [4.69, 9.17) is 5.73 Å². The number of anilines is 1. The first-order valence-electron chi connectivity index (χ1n) is 6.38. The van der Waals surface area contributed by atoms with Crippen molar-refractivity contribution in [1.82, 2.24) is 4.72 Å². The van der Waals surface area contributed by atoms with Crippen LogP contribution < -0.4 is 10.5 Å². The van der Waals surface area contributed by atoms with Crippen LogP contribution in [0.3, 0.4) is 0 Å². The Morgan fingerprint density at radius 3 is 2.76 bits per heavy atom. The van der Waals surface area contributed by atoms with Crippen molar-refractivity contribution in [2.75, 3.05) is 5.73 Å². The lowest BCUT2D eigenvalue weighted by Gasteiger charge is -2.15. The van der Waals surface area contributed by atoms with Gasteiger partial charge < -0.3 is 5.73 Å². The molecule has 1 unspecified atom stereocenters. The van der Waals surface area contributed by atoms with Gasteiger partial charge in [0.15, 0.2) is 0 Å². The molecule has 0 spiro atoms. The molecule has 1 heterocycles. The molecule has 1 aromatic heterocycles. The van der Waals surface area contributed by atoms with Crippen LogP contribution in [0.5, 0.6) is 0 Å². The van der Waals surface area contributed by atoms with Crippen LogP contribution in [0, 0.1) is 12.7 Å². The molecular weight excluding hydrogens is 311 g/mol. The van der Waals surface area contributed by atoms with E-state index >= 15 is 0 Å². The van der Waals surface area contributed by atoms with Gasteiger partial charge >= 0.3 is 0 Å². The number of hydrogen-bond donors (Lipinski definition) is 2. The molecule has 3 N–H and O–H groups in total. The Kier molecular flexibility index (Phi) is 4.65. The molecule has 2 aromatic rings. The number of hydrogen-bond acceptors (Lipinski definition) is 4. The van der Waals surface area contributed by atoms with Crippen LogP contribution in [-0.4, -0.2) is 14.5 Å². The van der Waals surface area contributed by atoms with Crippen LogP contribution in [0.25, 0.3) is 0 Å². The molecule has 7 heteroatoms. The van der Waals surface area contributed by atoms with Crippen molar-refractivity contribution in [1.29, 1.82) is 0 Å². The number of sulfonamides is 1. The lowest BCUT2D eigenvalue weighted by Crippen LogP contribution is -2.34. The summed E-state index contributed by atoms with van der Waals surface area (Å²) in [7, 11) is -3.93. The van der Waals surface area contributed by atoms with E-state index < -0.39 is 20.7 Å². The first-order chi connectivity index (χ1) is 9.79. The zero-order valence-electron chi connectivity index (χ0n) is 11.8. The van der Waals surface area contributed by atoms with E-state index in [1.165, 1.54) is 0 Å². The van der Waals surface area contributed by atoms with Gasteiger partial charge in [0.1, 0.15) is 10.7 Å². The summed E-state index contributed by atoms with van der Waals surface area (Å²) < 4.78 is 40.9. The van der Waals surface area contributed by atoms with Gasteiger partial charge in [-0.1, -0.05) is 0 Å². The third-order valence-corrected chi connectivity index (χ3v) is 5.43. The Balaban J connectivity index is 2.20. The maximum absolute atomic E-state index is 13.9. The predicted octanol–water partition coefficient (Wildman–Crippen LogP) is 2.69. The molecule has 21 heavy (non-hydrogen) atoms. The van der Waals surface area contributed by atoms with Crippen molar-refractivity contribution in [3.63, 3.8) is 0 Å². The topological polar surface area (TPSA) is 72.2 Å². The second kappa shape index (κ2) is 6.13. The lowest BCUT2D eigenvalue weighted by atomic mass is 10.1. The van der Waals surface area contributed by atoms with E-state index in [0.717, 1.165) is 17.7 Å². The minimum atomic E-state index is -3.93. The summed E-state index contributed by atoms with van der Waals surface area (Å²) in [6.07, 6.45) is 0.547. The van der Waals surface area contributed by atoms with Crippen LogP contribution in [-0.2, 0) is 16.4 Å². The summed E-state index contributed by atoms with van der Waals surface area (Å²) >= 11 is 1.55. The van der Waals surface area contributed by atoms with E-state index in [-0.39, 0.29) is 11.7 Å². The Labute approximate surface area is 127 Å². The minimum Gasteiger partial charge on any atom is -0.398 e. The zero-order valence-corrected chi connectivity index (χ0v) is 13.4. The normalized spacial score (nSPS) is 13.3. The highest BCUT2D eigenvalue weighted by molar-refractivity contribution is 7.89. The van der Waals surface area contributed by atoms with Crippen molar-refractivity contribution in [3.05, 3.63) is 45.9 Å². The summed E-state index contributed by atoms with van der Waals surface area (Å²) in [4.78, 5) is -0.414. The summed E-state index contributed by atoms with van der Waals surface area (Å²) in [5.41, 5.74) is 7.47. The van der Waals surface area contributed by atoms with Crippen molar-refractivity contribution in [2.24, 2.45) is 0 Å². The standard InChI is InChI=1S/C14H17FN2O2S2/c1-9-5-12(15)14(7-13(9)16)21(18,19)17-10(2)6-11-3-4-20-8-11/h3-5,7-8,10,17H,6,16H2,1-2H3. The fraction of sp³-hybridized carbons (Fsp3) is 0.286. The second-order valence-electron chi connectivity index (χ2n) is 5.00. The highest BCUT2D eigenvalue weighted by Gasteiger charge is 2.22. The molecule has 0 aliphatic rings. The van der Waals surface area contributed by atoms with Gasteiger partial charge in [-0.05, 0) is 60.4 Å². The molecule has 0 aliphatic heterocycles. The Morgan fingerprint density at radius 1 is 1.43 bits per heavy atom. The monoisotopic (exact) mass is 328 g/mol. The van der Waals surface area contributed by atoms with Gasteiger partial charge in [-0.3, -0.25) is 0 Å². The van der Waals surface area contributed by atoms with Crippen LogP contribution in [0.1, 0.15) is 18.1 Å². The van der Waals surface area contributed by atoms with Crippen molar-refractivity contribution >= 4 is 27.0 Å². The van der Waals surface area contributed by atoms with E-state index in [0.29, 0.717) is 12.0 Å². The minimum absolute atomic E-state index is 0.252. The summed E-state index contributed by atoms with van der Waals surface area (Å²) in [6.45, 7) is 3.37. The number of halogens is 1. The van der Waals surface area contributed by atoms with Gasteiger partial charge in [-0.2, -0.15) is 11.3 Å². The molecule has 0 saturated carbocycles. The number of thiophene rings is 1. The molecule has 0 amide bonds. The fourth-order valence-corrected chi connectivity index (χ4v) is 4.03. The van der Waals surface area contributed by atoms with Gasteiger partial charge in [0.25, 0.3) is 0 Å². The van der Waals surface area contributed by atoms with E-state index in [1.807, 2.05) is 16.8 Å². The Bertz CT molecular complexity index is 728. The Morgan fingerprint density at radius 2 is 2.14 bits per heavy atom. The molecule has 0 radical (unpaired) electrons. The van der Waals surface area contributed by atoms with Crippen LogP contribution in [0.15, 0.2) is 33.9 Å². The number of rotatable bonds is 5. The molecule has 0 bridgehead atoms. The summed E-state index contributed by atoms with van der Waals surface area (Å²) in [5.74, 6) is -0.795. The Hall–Kier alpha value is -1.44. The number of benzene rings is 1. The molecule has 0 fully saturated rings. The van der Waals surface area contributed by atoms with Crippen molar-refractivity contribution in [2.45, 2.75) is 31.2 Å². The van der Waals surface area contributed by atoms with Gasteiger partial charge in [-0.15, -0.1) is 0 Å². The van der Waals surface area contributed by atoms with Crippen LogP contribution >= 0.6 is 11.3 Å². The SMILES string of the molecule is Cc1cc(F)c(S(=O)(=O)NC(C)Cc2ccsc2)cc1N. The highest BCUT2D eigenvalue weighted by Crippen LogP contribution is 2.22. The third kappa shape index (κ3) is 3.81. The number of nitrogens with one attached hydrogen (secondary N) is 1. The fourth-order valence-electron chi connectivity index (χ4n) is 2.01. The maximum atomic E-state index is 13.9. The summed E-state index contributed by atoms with van der Waals surface area (Å²) in [6, 6.07) is 3.88. The molecule has 114 valence electrons. The zero-order chi connectivity index (χ0) is 15.6. The average Bonchev–Trinajstić information content (AvgIpc) is 2.85. The van der Waals surface area contributed by atoms with Gasteiger partial charge in [0, 0.05) is 11.7 Å². The van der Waals surface area contributed by atoms with Crippen LogP contribution in [0.4, 0.5) is 10.1 Å². The first kappa shape index (κ1) is 15.9. The van der Waals surface area contributed by atoms with Crippen molar-refractivity contribution < 1.29 is 12.8 Å². The second-order valence-corrected chi connectivity index (χ2v) is 7.46. The van der Waals surface area contributed by atoms with Gasteiger partial charge in [0.05, 0.1) is 0 Å². The van der Waals surface area contributed by atoms with E-state index in [2.05, 4.69) is 4.72 Å². The summed E-state index contributed by atoms with van der Waals surface area (Å²) in [5, 5.41) is 3.88. The van der Waals surface area contributed by atoms with Gasteiger partial charge in [-0.25, -0.2) is 17.5 Å². The smallest absolute Gasteiger partial charge is 0.243 e. The first-order valence-corrected chi connectivity index (χ1v) is 8.81. The number of nitrogens with two attached hydrogens (primary N) is 1. The molecular formula is C14H17FN2O2S2. The molecule has 1 atom stereocenters. The predicted molar refractivity (Wildman–Crippen MR) is 83.4 cm³/mol. The number of aryl methyl sites for hydroxylation is 1. The van der Waals surface area contributed by atoms with E-state index in [9.17, 15) is 12.8 Å². The average molecular weight is 328 g/mol.